The minimum absolute atomic E-state index is 0. The zero-order valence-corrected chi connectivity index (χ0v) is 19.8. The Kier molecular flexibility index (Phi) is 6.94. The van der Waals surface area contributed by atoms with Gasteiger partial charge in [0.05, 0.1) is 30.6 Å². The van der Waals surface area contributed by atoms with Crippen LogP contribution in [0.25, 0.3) is 11.6 Å². The third kappa shape index (κ3) is 5.01. The van der Waals surface area contributed by atoms with E-state index in [-0.39, 0.29) is 47.9 Å². The minimum atomic E-state index is -0.228. The molecule has 0 radical (unpaired) electrons. The predicted octanol–water partition coefficient (Wildman–Crippen LogP) is 3.35. The number of thioether (sulfide) groups is 1. The number of benzene rings is 1. The maximum Gasteiger partial charge on any atom is 0.289 e. The van der Waals surface area contributed by atoms with Crippen LogP contribution in [0.15, 0.2) is 30.5 Å². The van der Waals surface area contributed by atoms with Gasteiger partial charge in [0.1, 0.15) is 0 Å². The van der Waals surface area contributed by atoms with E-state index in [2.05, 4.69) is 28.2 Å². The molecule has 174 valence electrons. The Morgan fingerprint density at radius 2 is 2.03 bits per heavy atom. The summed E-state index contributed by atoms with van der Waals surface area (Å²) >= 11 is 1.02. The summed E-state index contributed by atoms with van der Waals surface area (Å²) in [6.45, 7) is 5.68. The van der Waals surface area contributed by atoms with Crippen molar-refractivity contribution in [2.75, 3.05) is 30.8 Å². The second kappa shape index (κ2) is 9.72. The van der Waals surface area contributed by atoms with Crippen molar-refractivity contribution in [2.45, 2.75) is 26.1 Å². The molecule has 0 aliphatic carbocycles. The van der Waals surface area contributed by atoms with E-state index >= 15 is 0 Å². The standard InChI is InChI=1S/C23H24N4O4S.ClH/c1-14-10-26(4-5-31-14)11-16-6-17(24-9-16)8-19-18-7-15(2-3-20(18)25-22(19)29)12-27-21(28)13-32-23(27)30;/h2-3,6-9,14,24H,4-5,10-13H2,1H3,(H,25,29);1H. The van der Waals surface area contributed by atoms with E-state index < -0.39 is 0 Å². The molecular formula is C23H25ClN4O4S. The van der Waals surface area contributed by atoms with E-state index in [1.54, 1.807) is 0 Å². The quantitative estimate of drug-likeness (QED) is 0.627. The summed E-state index contributed by atoms with van der Waals surface area (Å²) in [4.78, 5) is 43.3. The number of aromatic nitrogens is 1. The number of carbonyl (C=O) groups is 3. The van der Waals surface area contributed by atoms with E-state index in [1.807, 2.05) is 30.5 Å². The highest BCUT2D eigenvalue weighted by atomic mass is 35.5. The van der Waals surface area contributed by atoms with Gasteiger partial charge in [-0.05, 0) is 42.3 Å². The second-order valence-corrected chi connectivity index (χ2v) is 9.23. The number of hydrogen-bond donors (Lipinski definition) is 2. The van der Waals surface area contributed by atoms with Crippen LogP contribution in [-0.4, -0.2) is 63.4 Å². The number of nitrogens with zero attached hydrogens (tertiary/aromatic N) is 2. The lowest BCUT2D eigenvalue weighted by Gasteiger charge is -2.30. The van der Waals surface area contributed by atoms with Crippen molar-refractivity contribution in [2.24, 2.45) is 0 Å². The van der Waals surface area contributed by atoms with Crippen molar-refractivity contribution < 1.29 is 19.1 Å². The number of halogens is 1. The van der Waals surface area contributed by atoms with E-state index in [0.29, 0.717) is 5.57 Å². The minimum Gasteiger partial charge on any atom is -0.376 e. The molecule has 2 N–H and O–H groups in total. The second-order valence-electron chi connectivity index (χ2n) is 8.31. The smallest absolute Gasteiger partial charge is 0.289 e. The van der Waals surface area contributed by atoms with Gasteiger partial charge in [0.2, 0.25) is 5.91 Å². The number of imide groups is 1. The first-order chi connectivity index (χ1) is 15.5. The Hall–Kier alpha value is -2.59. The van der Waals surface area contributed by atoms with Crippen LogP contribution in [0, 0.1) is 0 Å². The molecular weight excluding hydrogens is 464 g/mol. The average Bonchev–Trinajstić information content (AvgIpc) is 3.43. The highest BCUT2D eigenvalue weighted by Crippen LogP contribution is 2.34. The fourth-order valence-electron chi connectivity index (χ4n) is 4.27. The van der Waals surface area contributed by atoms with Crippen LogP contribution >= 0.6 is 24.2 Å². The lowest BCUT2D eigenvalue weighted by atomic mass is 10.0. The molecule has 5 rings (SSSR count). The summed E-state index contributed by atoms with van der Waals surface area (Å²) in [5.74, 6) is -0.161. The van der Waals surface area contributed by atoms with E-state index in [0.717, 1.165) is 66.1 Å². The molecule has 1 atom stereocenters. The van der Waals surface area contributed by atoms with Crippen LogP contribution < -0.4 is 5.32 Å². The summed E-state index contributed by atoms with van der Waals surface area (Å²) in [5.41, 5.74) is 4.88. The Morgan fingerprint density at radius 1 is 1.18 bits per heavy atom. The van der Waals surface area contributed by atoms with Crippen LogP contribution in [-0.2, 0) is 27.4 Å². The first-order valence-electron chi connectivity index (χ1n) is 10.6. The fourth-order valence-corrected chi connectivity index (χ4v) is 5.00. The highest BCUT2D eigenvalue weighted by molar-refractivity contribution is 8.14. The third-order valence-corrected chi connectivity index (χ3v) is 6.70. The Bertz CT molecular complexity index is 1120. The number of anilines is 1. The number of aromatic amines is 1. The molecule has 4 heterocycles. The number of amides is 3. The number of rotatable bonds is 5. The summed E-state index contributed by atoms with van der Waals surface area (Å²) in [6.07, 6.45) is 4.05. The molecule has 3 aliphatic heterocycles. The summed E-state index contributed by atoms with van der Waals surface area (Å²) in [5, 5.41) is 2.66. The average molecular weight is 489 g/mol. The molecule has 3 aliphatic rings. The predicted molar refractivity (Wildman–Crippen MR) is 130 cm³/mol. The number of ether oxygens (including phenoxy) is 1. The van der Waals surface area contributed by atoms with Gasteiger partial charge < -0.3 is 15.0 Å². The molecule has 10 heteroatoms. The lowest BCUT2D eigenvalue weighted by molar-refractivity contribution is -0.125. The molecule has 1 unspecified atom stereocenters. The van der Waals surface area contributed by atoms with Gasteiger partial charge in [-0.1, -0.05) is 17.8 Å². The Labute approximate surface area is 202 Å². The molecule has 33 heavy (non-hydrogen) atoms. The number of carbonyl (C=O) groups excluding carboxylic acids is 3. The largest absolute Gasteiger partial charge is 0.376 e. The molecule has 0 bridgehead atoms. The van der Waals surface area contributed by atoms with Gasteiger partial charge >= 0.3 is 0 Å². The van der Waals surface area contributed by atoms with Crippen molar-refractivity contribution in [3.8, 4) is 0 Å². The summed E-state index contributed by atoms with van der Waals surface area (Å²) in [6, 6.07) is 7.59. The van der Waals surface area contributed by atoms with Crippen molar-refractivity contribution in [3.05, 3.63) is 52.8 Å². The third-order valence-electron chi connectivity index (χ3n) is 5.84. The van der Waals surface area contributed by atoms with Crippen molar-refractivity contribution in [3.63, 3.8) is 0 Å². The van der Waals surface area contributed by atoms with Gasteiger partial charge in [-0.3, -0.25) is 24.2 Å². The number of morpholine rings is 1. The Balaban J connectivity index is 0.00000259. The van der Waals surface area contributed by atoms with Gasteiger partial charge in [-0.2, -0.15) is 0 Å². The van der Waals surface area contributed by atoms with Crippen molar-refractivity contribution >= 4 is 58.6 Å². The highest BCUT2D eigenvalue weighted by Gasteiger charge is 2.31. The van der Waals surface area contributed by atoms with E-state index in [4.69, 9.17) is 4.74 Å². The number of hydrogen-bond acceptors (Lipinski definition) is 6. The normalized spacial score (nSPS) is 22.0. The number of fused-ring (bicyclic) bond motifs is 1. The first kappa shape index (κ1) is 23.6. The zero-order chi connectivity index (χ0) is 22.2. The van der Waals surface area contributed by atoms with Crippen LogP contribution in [0.1, 0.15) is 29.3 Å². The molecule has 2 aromatic rings. The van der Waals surface area contributed by atoms with Gasteiger partial charge in [-0.15, -0.1) is 12.4 Å². The Morgan fingerprint density at radius 3 is 2.79 bits per heavy atom. The number of nitrogens with one attached hydrogen (secondary N) is 2. The van der Waals surface area contributed by atoms with E-state index in [1.165, 1.54) is 4.90 Å². The molecule has 1 aromatic carbocycles. The van der Waals surface area contributed by atoms with Crippen LogP contribution in [0.4, 0.5) is 10.5 Å². The molecule has 0 saturated carbocycles. The topological polar surface area (TPSA) is 94.7 Å². The molecule has 1 aromatic heterocycles. The van der Waals surface area contributed by atoms with Crippen LogP contribution in [0.5, 0.6) is 0 Å². The van der Waals surface area contributed by atoms with Crippen LogP contribution in [0.3, 0.4) is 0 Å². The molecule has 2 saturated heterocycles. The maximum absolute atomic E-state index is 12.6. The SMILES string of the molecule is CC1CN(Cc2c[nH]c(C=C3C(=O)Nc4ccc(CN5C(=O)CSC5=O)cc43)c2)CCO1.Cl. The zero-order valence-electron chi connectivity index (χ0n) is 18.1. The lowest BCUT2D eigenvalue weighted by Crippen LogP contribution is -2.40. The van der Waals surface area contributed by atoms with Gasteiger partial charge in [0.25, 0.3) is 11.1 Å². The number of H-pyrrole nitrogens is 1. The molecule has 8 nitrogen and oxygen atoms in total. The summed E-state index contributed by atoms with van der Waals surface area (Å²) < 4.78 is 5.60. The monoisotopic (exact) mass is 488 g/mol. The first-order valence-corrected chi connectivity index (χ1v) is 11.6. The van der Waals surface area contributed by atoms with Crippen LogP contribution in [0.2, 0.25) is 0 Å². The molecule has 3 amide bonds. The van der Waals surface area contributed by atoms with Gasteiger partial charge in [0, 0.05) is 42.8 Å². The van der Waals surface area contributed by atoms with Gasteiger partial charge in [-0.25, -0.2) is 0 Å². The van der Waals surface area contributed by atoms with Crippen molar-refractivity contribution in [1.82, 2.24) is 14.8 Å². The van der Waals surface area contributed by atoms with E-state index in [9.17, 15) is 14.4 Å². The molecule has 2 fully saturated rings. The van der Waals surface area contributed by atoms with Gasteiger partial charge in [0.15, 0.2) is 0 Å². The fraction of sp³-hybridized carbons (Fsp3) is 0.348. The maximum atomic E-state index is 12.6. The summed E-state index contributed by atoms with van der Waals surface area (Å²) in [7, 11) is 0. The van der Waals surface area contributed by atoms with Crippen molar-refractivity contribution in [1.29, 1.82) is 0 Å². The molecule has 0 spiro atoms.